The number of rotatable bonds is 11. The molecule has 0 saturated carbocycles. The van der Waals surface area contributed by atoms with Crippen LogP contribution in [0.3, 0.4) is 0 Å². The Kier molecular flexibility index (Phi) is 9.71. The van der Waals surface area contributed by atoms with Gasteiger partial charge in [0.1, 0.15) is 11.9 Å². The van der Waals surface area contributed by atoms with Crippen molar-refractivity contribution in [3.8, 4) is 0 Å². The lowest BCUT2D eigenvalue weighted by molar-refractivity contribution is -0.117. The molecule has 0 aliphatic rings. The van der Waals surface area contributed by atoms with Gasteiger partial charge in [0.25, 0.3) is 0 Å². The van der Waals surface area contributed by atoms with Crippen molar-refractivity contribution in [2.75, 3.05) is 19.4 Å². The minimum absolute atomic E-state index is 0.0219. The van der Waals surface area contributed by atoms with E-state index in [0.29, 0.717) is 19.6 Å². The highest BCUT2D eigenvalue weighted by atomic mass is 31.2. The third-order valence-corrected chi connectivity index (χ3v) is 4.37. The molecule has 0 amide bonds. The van der Waals surface area contributed by atoms with Crippen LogP contribution in [0.5, 0.6) is 0 Å². The van der Waals surface area contributed by atoms with Crippen LogP contribution in [0, 0.1) is 0 Å². The van der Waals surface area contributed by atoms with Gasteiger partial charge in [0.15, 0.2) is 0 Å². The topological polar surface area (TPSA) is 52.6 Å². The molecule has 0 bridgehead atoms. The number of Topliss-reactive ketones (excluding diaryl/α,β-unsaturated/α-hetero) is 1. The van der Waals surface area contributed by atoms with Crippen molar-refractivity contribution in [2.24, 2.45) is 0 Å². The lowest BCUT2D eigenvalue weighted by atomic mass is 10.1. The van der Waals surface area contributed by atoms with Gasteiger partial charge in [0, 0.05) is 6.42 Å². The van der Waals surface area contributed by atoms with E-state index in [1.807, 2.05) is 0 Å². The van der Waals surface area contributed by atoms with Crippen LogP contribution < -0.4 is 0 Å². The van der Waals surface area contributed by atoms with Crippen LogP contribution in [-0.4, -0.2) is 25.2 Å². The Morgan fingerprint density at radius 2 is 1.59 bits per heavy atom. The molecule has 0 aliphatic carbocycles. The molecule has 0 aromatic carbocycles. The third-order valence-electron chi connectivity index (χ3n) is 2.33. The van der Waals surface area contributed by atoms with E-state index in [-0.39, 0.29) is 11.9 Å². The second-order valence-corrected chi connectivity index (χ2v) is 6.01. The van der Waals surface area contributed by atoms with E-state index in [2.05, 4.69) is 6.92 Å². The highest BCUT2D eigenvalue weighted by Crippen LogP contribution is 2.48. The van der Waals surface area contributed by atoms with Crippen LogP contribution in [0.4, 0.5) is 0 Å². The summed E-state index contributed by atoms with van der Waals surface area (Å²) in [5, 5.41) is 0. The molecule has 5 heteroatoms. The summed E-state index contributed by atoms with van der Waals surface area (Å²) in [6, 6.07) is 0. The van der Waals surface area contributed by atoms with Crippen molar-refractivity contribution in [1.29, 1.82) is 0 Å². The highest BCUT2D eigenvalue weighted by Gasteiger charge is 2.26. The van der Waals surface area contributed by atoms with Crippen molar-refractivity contribution in [2.45, 2.75) is 52.9 Å². The molecule has 0 radical (unpaired) electrons. The summed E-state index contributed by atoms with van der Waals surface area (Å²) in [5.74, 6) is -0.0219. The van der Waals surface area contributed by atoms with E-state index in [1.54, 1.807) is 13.8 Å². The van der Waals surface area contributed by atoms with Crippen molar-refractivity contribution < 1.29 is 18.4 Å². The molecule has 0 fully saturated rings. The largest absolute Gasteiger partial charge is 0.338 e. The molecule has 0 heterocycles. The van der Waals surface area contributed by atoms with Crippen molar-refractivity contribution in [1.82, 2.24) is 0 Å². The summed E-state index contributed by atoms with van der Waals surface area (Å²) in [6.45, 7) is 6.23. The molecule has 4 nitrogen and oxygen atoms in total. The Bertz CT molecular complexity index is 243. The standard InChI is InChI=1S/C12H25O4P/c1-4-7-8-9-10-12(13)11-17(14,15-5-2)16-6-3/h4-11H2,1-3H3. The van der Waals surface area contributed by atoms with E-state index in [0.717, 1.165) is 25.7 Å². The third kappa shape index (κ3) is 8.53. The van der Waals surface area contributed by atoms with Gasteiger partial charge >= 0.3 is 7.60 Å². The number of hydrogen-bond donors (Lipinski definition) is 0. The zero-order valence-electron chi connectivity index (χ0n) is 11.2. The zero-order chi connectivity index (χ0) is 13.1. The van der Waals surface area contributed by atoms with E-state index >= 15 is 0 Å². The Hall–Kier alpha value is -0.180. The van der Waals surface area contributed by atoms with Gasteiger partial charge in [-0.3, -0.25) is 9.36 Å². The molecule has 0 saturated heterocycles. The predicted molar refractivity (Wildman–Crippen MR) is 69.5 cm³/mol. The van der Waals surface area contributed by atoms with E-state index < -0.39 is 7.60 Å². The molecular weight excluding hydrogens is 239 g/mol. The first kappa shape index (κ1) is 16.8. The lowest BCUT2D eigenvalue weighted by Gasteiger charge is -2.15. The summed E-state index contributed by atoms with van der Waals surface area (Å²) in [5.41, 5.74) is 0. The van der Waals surface area contributed by atoms with Gasteiger partial charge in [0.2, 0.25) is 0 Å². The SMILES string of the molecule is CCCCCCC(=O)CP(=O)(OCC)OCC. The second kappa shape index (κ2) is 9.81. The summed E-state index contributed by atoms with van der Waals surface area (Å²) in [7, 11) is -3.18. The molecule has 0 rings (SSSR count). The van der Waals surface area contributed by atoms with E-state index in [4.69, 9.17) is 9.05 Å². The number of carbonyl (C=O) groups is 1. The quantitative estimate of drug-likeness (QED) is 0.421. The fraction of sp³-hybridized carbons (Fsp3) is 0.917. The van der Waals surface area contributed by atoms with Gasteiger partial charge in [-0.25, -0.2) is 0 Å². The van der Waals surface area contributed by atoms with E-state index in [9.17, 15) is 9.36 Å². The first-order chi connectivity index (χ1) is 8.08. The van der Waals surface area contributed by atoms with Gasteiger partial charge < -0.3 is 9.05 Å². The smallest absolute Gasteiger partial charge is 0.309 e. The molecule has 0 aromatic rings. The first-order valence-electron chi connectivity index (χ1n) is 6.47. The van der Waals surface area contributed by atoms with Crippen LogP contribution in [0.25, 0.3) is 0 Å². The van der Waals surface area contributed by atoms with Crippen LogP contribution in [0.1, 0.15) is 52.9 Å². The average molecular weight is 264 g/mol. The summed E-state index contributed by atoms with van der Waals surface area (Å²) in [6.07, 6.45) is 4.60. The van der Waals surface area contributed by atoms with Gasteiger partial charge in [-0.2, -0.15) is 0 Å². The zero-order valence-corrected chi connectivity index (χ0v) is 12.1. The van der Waals surface area contributed by atoms with Gasteiger partial charge in [-0.05, 0) is 20.3 Å². The Labute approximate surface area is 105 Å². The molecule has 0 N–H and O–H groups in total. The maximum Gasteiger partial charge on any atom is 0.338 e. The molecule has 0 atom stereocenters. The monoisotopic (exact) mass is 264 g/mol. The molecule has 17 heavy (non-hydrogen) atoms. The highest BCUT2D eigenvalue weighted by molar-refractivity contribution is 7.54. The van der Waals surface area contributed by atoms with E-state index in [1.165, 1.54) is 0 Å². The predicted octanol–water partition coefficient (Wildman–Crippen LogP) is 3.79. The molecule has 0 aromatic heterocycles. The Balaban J connectivity index is 3.99. The normalized spacial score (nSPS) is 11.7. The molecule has 0 spiro atoms. The molecular formula is C12H25O4P. The van der Waals surface area contributed by atoms with Crippen LogP contribution in [0.2, 0.25) is 0 Å². The van der Waals surface area contributed by atoms with Crippen molar-refractivity contribution in [3.63, 3.8) is 0 Å². The number of ketones is 1. The fourth-order valence-corrected chi connectivity index (χ4v) is 3.20. The van der Waals surface area contributed by atoms with Crippen molar-refractivity contribution >= 4 is 13.4 Å². The summed E-state index contributed by atoms with van der Waals surface area (Å²) < 4.78 is 22.2. The fourth-order valence-electron chi connectivity index (χ4n) is 1.57. The van der Waals surface area contributed by atoms with Crippen molar-refractivity contribution in [3.05, 3.63) is 0 Å². The minimum atomic E-state index is -3.18. The Morgan fingerprint density at radius 1 is 1.00 bits per heavy atom. The van der Waals surface area contributed by atoms with Crippen LogP contribution in [-0.2, 0) is 18.4 Å². The second-order valence-electron chi connectivity index (χ2n) is 3.95. The van der Waals surface area contributed by atoms with Gasteiger partial charge in [-0.1, -0.05) is 26.2 Å². The van der Waals surface area contributed by atoms with Gasteiger partial charge in [-0.15, -0.1) is 0 Å². The van der Waals surface area contributed by atoms with Crippen LogP contribution >= 0.6 is 7.60 Å². The summed E-state index contributed by atoms with van der Waals surface area (Å²) in [4.78, 5) is 11.6. The number of carbonyl (C=O) groups excluding carboxylic acids is 1. The Morgan fingerprint density at radius 3 is 2.06 bits per heavy atom. The first-order valence-corrected chi connectivity index (χ1v) is 8.20. The molecule has 0 unspecified atom stereocenters. The summed E-state index contributed by atoms with van der Waals surface area (Å²) >= 11 is 0. The molecule has 0 aliphatic heterocycles. The number of unbranched alkanes of at least 4 members (excludes halogenated alkanes) is 3. The minimum Gasteiger partial charge on any atom is -0.309 e. The number of hydrogen-bond acceptors (Lipinski definition) is 4. The molecule has 102 valence electrons. The average Bonchev–Trinajstić information content (AvgIpc) is 2.24. The van der Waals surface area contributed by atoms with Gasteiger partial charge in [0.05, 0.1) is 13.2 Å². The lowest BCUT2D eigenvalue weighted by Crippen LogP contribution is -2.09. The maximum atomic E-state index is 12.0. The van der Waals surface area contributed by atoms with Crippen LogP contribution in [0.15, 0.2) is 0 Å². The maximum absolute atomic E-state index is 12.0.